The first-order valence-corrected chi connectivity index (χ1v) is 5.96. The van der Waals surface area contributed by atoms with Crippen LogP contribution in [0.15, 0.2) is 16.6 Å². The minimum Gasteiger partial charge on any atom is -0.462 e. The summed E-state index contributed by atoms with van der Waals surface area (Å²) in [5.74, 6) is -8.71. The zero-order valence-corrected chi connectivity index (χ0v) is 12.5. The number of carbonyl (C=O) groups excluding carboxylic acids is 1. The number of carbonyl (C=O) groups is 1. The molecule has 0 saturated carbocycles. The lowest BCUT2D eigenvalue weighted by molar-refractivity contribution is -0.175. The standard InChI is InChI=1S/C11H10BrF4NO2.ClH/c1-2-19-10(18)11(15,16)9(17)7-6(13)4-3-5(12)8(7)14;/h3-4,9H,2,17H2,1H3;1H/t9-;/m0./s1. The second-order valence-electron chi connectivity index (χ2n) is 3.58. The Morgan fingerprint density at radius 1 is 1.45 bits per heavy atom. The van der Waals surface area contributed by atoms with Crippen LogP contribution in [0.2, 0.25) is 0 Å². The quantitative estimate of drug-likeness (QED) is 0.495. The number of hydrogen-bond acceptors (Lipinski definition) is 3. The molecule has 0 amide bonds. The van der Waals surface area contributed by atoms with E-state index in [2.05, 4.69) is 20.7 Å². The van der Waals surface area contributed by atoms with Crippen molar-refractivity contribution in [2.24, 2.45) is 5.73 Å². The Bertz CT molecular complexity index is 502. The minimum absolute atomic E-state index is 0. The first-order chi connectivity index (χ1) is 8.73. The minimum atomic E-state index is -4.24. The first kappa shape index (κ1) is 19.1. The van der Waals surface area contributed by atoms with Crippen molar-refractivity contribution in [1.29, 1.82) is 0 Å². The molecule has 0 aliphatic rings. The van der Waals surface area contributed by atoms with Gasteiger partial charge in [-0.3, -0.25) is 0 Å². The van der Waals surface area contributed by atoms with Gasteiger partial charge in [-0.05, 0) is 35.0 Å². The molecule has 114 valence electrons. The van der Waals surface area contributed by atoms with E-state index in [4.69, 9.17) is 5.73 Å². The zero-order chi connectivity index (χ0) is 14.8. The summed E-state index contributed by atoms with van der Waals surface area (Å²) in [6.07, 6.45) is 0. The Morgan fingerprint density at radius 3 is 2.50 bits per heavy atom. The van der Waals surface area contributed by atoms with E-state index in [1.165, 1.54) is 6.92 Å². The Kier molecular flexibility index (Phi) is 6.92. The molecule has 1 rings (SSSR count). The van der Waals surface area contributed by atoms with Crippen LogP contribution in [0.3, 0.4) is 0 Å². The van der Waals surface area contributed by atoms with Crippen LogP contribution in [0.1, 0.15) is 18.5 Å². The van der Waals surface area contributed by atoms with Crippen LogP contribution in [0, 0.1) is 11.6 Å². The monoisotopic (exact) mass is 379 g/mol. The van der Waals surface area contributed by atoms with E-state index in [1.54, 1.807) is 0 Å². The van der Waals surface area contributed by atoms with Gasteiger partial charge in [-0.15, -0.1) is 12.4 Å². The fourth-order valence-corrected chi connectivity index (χ4v) is 1.71. The average Bonchev–Trinajstić information content (AvgIpc) is 2.34. The molecule has 9 heteroatoms. The normalized spacial score (nSPS) is 12.6. The fraction of sp³-hybridized carbons (Fsp3) is 0.364. The van der Waals surface area contributed by atoms with Crippen LogP contribution in [0.5, 0.6) is 0 Å². The highest BCUT2D eigenvalue weighted by molar-refractivity contribution is 9.10. The molecule has 0 aliphatic carbocycles. The number of nitrogens with two attached hydrogens (primary N) is 1. The van der Waals surface area contributed by atoms with Crippen LogP contribution in [0.25, 0.3) is 0 Å². The van der Waals surface area contributed by atoms with Crippen molar-refractivity contribution in [2.45, 2.75) is 18.9 Å². The van der Waals surface area contributed by atoms with Crippen LogP contribution < -0.4 is 5.73 Å². The van der Waals surface area contributed by atoms with Gasteiger partial charge >= 0.3 is 11.9 Å². The molecule has 0 unspecified atom stereocenters. The number of hydrogen-bond donors (Lipinski definition) is 1. The summed E-state index contributed by atoms with van der Waals surface area (Å²) in [6, 6.07) is -0.712. The largest absolute Gasteiger partial charge is 0.462 e. The maximum absolute atomic E-state index is 13.6. The third-order valence-corrected chi connectivity index (χ3v) is 2.94. The van der Waals surface area contributed by atoms with E-state index in [9.17, 15) is 22.4 Å². The van der Waals surface area contributed by atoms with E-state index in [-0.39, 0.29) is 23.5 Å². The lowest BCUT2D eigenvalue weighted by atomic mass is 10.00. The Balaban J connectivity index is 0.00000361. The van der Waals surface area contributed by atoms with Gasteiger partial charge in [0.25, 0.3) is 0 Å². The van der Waals surface area contributed by atoms with Crippen molar-refractivity contribution in [2.75, 3.05) is 6.61 Å². The number of rotatable bonds is 4. The third-order valence-electron chi connectivity index (χ3n) is 2.33. The molecular weight excluding hydrogens is 369 g/mol. The molecule has 0 aromatic heterocycles. The third kappa shape index (κ3) is 3.62. The van der Waals surface area contributed by atoms with Crippen molar-refractivity contribution in [3.63, 3.8) is 0 Å². The number of halogens is 6. The van der Waals surface area contributed by atoms with Crippen molar-refractivity contribution in [3.05, 3.63) is 33.8 Å². The second-order valence-corrected chi connectivity index (χ2v) is 4.43. The van der Waals surface area contributed by atoms with Crippen molar-refractivity contribution in [1.82, 2.24) is 0 Å². The summed E-state index contributed by atoms with van der Waals surface area (Å²) in [5, 5.41) is 0. The molecule has 2 N–H and O–H groups in total. The first-order valence-electron chi connectivity index (χ1n) is 5.17. The van der Waals surface area contributed by atoms with Crippen molar-refractivity contribution in [3.8, 4) is 0 Å². The molecule has 1 atom stereocenters. The predicted molar refractivity (Wildman–Crippen MR) is 69.8 cm³/mol. The summed E-state index contributed by atoms with van der Waals surface area (Å²) in [5.41, 5.74) is 4.05. The van der Waals surface area contributed by atoms with Gasteiger partial charge in [0.2, 0.25) is 0 Å². The molecule has 1 aromatic rings. The summed E-state index contributed by atoms with van der Waals surface area (Å²) >= 11 is 2.72. The molecule has 0 aliphatic heterocycles. The number of esters is 1. The van der Waals surface area contributed by atoms with Gasteiger partial charge in [-0.2, -0.15) is 8.78 Å². The van der Waals surface area contributed by atoms with Gasteiger partial charge in [0, 0.05) is 5.56 Å². The zero-order valence-electron chi connectivity index (χ0n) is 10.1. The Morgan fingerprint density at radius 2 is 2.00 bits per heavy atom. The van der Waals surface area contributed by atoms with E-state index in [1.807, 2.05) is 0 Å². The molecule has 0 radical (unpaired) electrons. The maximum Gasteiger partial charge on any atom is 0.379 e. The lowest BCUT2D eigenvalue weighted by Gasteiger charge is -2.22. The number of ether oxygens (including phenoxy) is 1. The summed E-state index contributed by atoms with van der Waals surface area (Å²) in [4.78, 5) is 11.1. The van der Waals surface area contributed by atoms with Gasteiger partial charge in [0.05, 0.1) is 11.1 Å². The van der Waals surface area contributed by atoms with E-state index in [0.29, 0.717) is 0 Å². The molecule has 1 aromatic carbocycles. The fourth-order valence-electron chi connectivity index (χ4n) is 1.36. The maximum atomic E-state index is 13.6. The van der Waals surface area contributed by atoms with Gasteiger partial charge in [0.1, 0.15) is 17.7 Å². The molecule has 0 fully saturated rings. The van der Waals surface area contributed by atoms with Gasteiger partial charge in [-0.1, -0.05) is 0 Å². The highest BCUT2D eigenvalue weighted by Crippen LogP contribution is 2.35. The second kappa shape index (κ2) is 7.24. The van der Waals surface area contributed by atoms with E-state index < -0.39 is 35.1 Å². The topological polar surface area (TPSA) is 52.3 Å². The molecule has 0 spiro atoms. The van der Waals surface area contributed by atoms with Crippen LogP contribution in [-0.2, 0) is 9.53 Å². The summed E-state index contributed by atoms with van der Waals surface area (Å²) in [7, 11) is 0. The summed E-state index contributed by atoms with van der Waals surface area (Å²) in [6.45, 7) is 1.02. The van der Waals surface area contributed by atoms with Crippen LogP contribution in [0.4, 0.5) is 17.6 Å². The Hall–Kier alpha value is -0.860. The molecule has 20 heavy (non-hydrogen) atoms. The highest BCUT2D eigenvalue weighted by Gasteiger charge is 2.49. The van der Waals surface area contributed by atoms with Crippen molar-refractivity contribution >= 4 is 34.3 Å². The summed E-state index contributed by atoms with van der Waals surface area (Å²) < 4.78 is 58.2. The van der Waals surface area contributed by atoms with Gasteiger partial charge in [-0.25, -0.2) is 13.6 Å². The Labute approximate surface area is 127 Å². The molecule has 0 saturated heterocycles. The van der Waals surface area contributed by atoms with Gasteiger partial charge in [0.15, 0.2) is 0 Å². The van der Waals surface area contributed by atoms with E-state index >= 15 is 0 Å². The highest BCUT2D eigenvalue weighted by atomic mass is 79.9. The SMILES string of the molecule is CCOC(=O)C(F)(F)[C@@H](N)c1c(F)ccc(Br)c1F.Cl. The molecular formula is C11H11BrClF4NO2. The van der Waals surface area contributed by atoms with E-state index in [0.717, 1.165) is 12.1 Å². The number of alkyl halides is 2. The predicted octanol–water partition coefficient (Wildman–Crippen LogP) is 3.35. The smallest absolute Gasteiger partial charge is 0.379 e. The molecule has 0 bridgehead atoms. The molecule has 0 heterocycles. The number of benzene rings is 1. The lowest BCUT2D eigenvalue weighted by Crippen LogP contribution is -2.42. The van der Waals surface area contributed by atoms with Crippen LogP contribution >= 0.6 is 28.3 Å². The van der Waals surface area contributed by atoms with Gasteiger partial charge < -0.3 is 10.5 Å². The molecule has 3 nitrogen and oxygen atoms in total. The average molecular weight is 381 g/mol. The van der Waals surface area contributed by atoms with Crippen molar-refractivity contribution < 1.29 is 27.1 Å². The van der Waals surface area contributed by atoms with Crippen LogP contribution in [-0.4, -0.2) is 18.5 Å².